The lowest BCUT2D eigenvalue weighted by molar-refractivity contribution is 0.136. The number of piperidine rings is 1. The van der Waals surface area contributed by atoms with E-state index in [-0.39, 0.29) is 11.0 Å². The molecule has 1 aliphatic heterocycles. The van der Waals surface area contributed by atoms with Gasteiger partial charge in [-0.3, -0.25) is 9.69 Å². The van der Waals surface area contributed by atoms with Crippen LogP contribution < -0.4 is 5.56 Å². The molecule has 5 rings (SSSR count). The largest absolute Gasteiger partial charge is 0.311 e. The molecular formula is C24H29N5O. The van der Waals surface area contributed by atoms with E-state index >= 15 is 0 Å². The van der Waals surface area contributed by atoms with Crippen molar-refractivity contribution in [2.75, 3.05) is 13.1 Å². The third kappa shape index (κ3) is 3.29. The van der Waals surface area contributed by atoms with Crippen LogP contribution in [0.3, 0.4) is 0 Å². The molecule has 6 nitrogen and oxygen atoms in total. The van der Waals surface area contributed by atoms with E-state index in [1.165, 1.54) is 5.56 Å². The van der Waals surface area contributed by atoms with Gasteiger partial charge in [0.1, 0.15) is 5.82 Å². The fraction of sp³-hybridized carbons (Fsp3) is 0.458. The molecule has 1 unspecified atom stereocenters. The van der Waals surface area contributed by atoms with Crippen LogP contribution in [0.15, 0.2) is 35.1 Å². The van der Waals surface area contributed by atoms with Gasteiger partial charge in [-0.25, -0.2) is 9.67 Å². The van der Waals surface area contributed by atoms with Crippen molar-refractivity contribution in [1.82, 2.24) is 24.6 Å². The van der Waals surface area contributed by atoms with E-state index in [0.717, 1.165) is 79.5 Å². The number of hydrogen-bond donors (Lipinski definition) is 1. The fourth-order valence-corrected chi connectivity index (χ4v) is 5.46. The molecule has 1 aromatic carbocycles. The second kappa shape index (κ2) is 7.20. The minimum atomic E-state index is 0.0277. The van der Waals surface area contributed by atoms with Crippen LogP contribution in [0.4, 0.5) is 0 Å². The Morgan fingerprint density at radius 1 is 1.17 bits per heavy atom. The molecule has 1 aliphatic carbocycles. The number of hydrogen-bond acceptors (Lipinski definition) is 4. The first-order valence-corrected chi connectivity index (χ1v) is 10.9. The summed E-state index contributed by atoms with van der Waals surface area (Å²) >= 11 is 0. The molecule has 0 amide bonds. The minimum absolute atomic E-state index is 0.0277. The number of rotatable bonds is 3. The molecule has 1 spiro atoms. The van der Waals surface area contributed by atoms with Gasteiger partial charge in [0.05, 0.1) is 17.1 Å². The van der Waals surface area contributed by atoms with Gasteiger partial charge in [0.2, 0.25) is 0 Å². The maximum atomic E-state index is 12.4. The van der Waals surface area contributed by atoms with Crippen molar-refractivity contribution in [3.8, 4) is 5.69 Å². The Bertz CT molecular complexity index is 1160. The predicted molar refractivity (Wildman–Crippen MR) is 117 cm³/mol. The molecular weight excluding hydrogens is 374 g/mol. The third-order valence-electron chi connectivity index (χ3n) is 6.72. The molecule has 1 fully saturated rings. The summed E-state index contributed by atoms with van der Waals surface area (Å²) in [4.78, 5) is 22.6. The van der Waals surface area contributed by atoms with Crippen LogP contribution in [0.2, 0.25) is 0 Å². The van der Waals surface area contributed by atoms with Crippen molar-refractivity contribution in [3.05, 3.63) is 74.7 Å². The van der Waals surface area contributed by atoms with Gasteiger partial charge in [-0.05, 0) is 76.8 Å². The van der Waals surface area contributed by atoms with Crippen molar-refractivity contribution in [1.29, 1.82) is 0 Å². The maximum Gasteiger partial charge on any atom is 0.254 e. The minimum Gasteiger partial charge on any atom is -0.311 e. The molecule has 1 atom stereocenters. The van der Waals surface area contributed by atoms with E-state index in [2.05, 4.69) is 52.2 Å². The summed E-state index contributed by atoms with van der Waals surface area (Å²) in [5.74, 6) is 0.731. The van der Waals surface area contributed by atoms with E-state index in [0.29, 0.717) is 0 Å². The normalized spacial score (nSPS) is 21.3. The van der Waals surface area contributed by atoms with Gasteiger partial charge in [-0.2, -0.15) is 5.10 Å². The van der Waals surface area contributed by atoms with Crippen molar-refractivity contribution >= 4 is 0 Å². The number of aromatic amines is 1. The highest BCUT2D eigenvalue weighted by Gasteiger charge is 2.44. The lowest BCUT2D eigenvalue weighted by Crippen LogP contribution is -2.45. The van der Waals surface area contributed by atoms with Gasteiger partial charge in [0.15, 0.2) is 0 Å². The Kier molecular flexibility index (Phi) is 4.62. The number of H-pyrrole nitrogens is 1. The summed E-state index contributed by atoms with van der Waals surface area (Å²) in [5.41, 5.74) is 6.65. The lowest BCUT2D eigenvalue weighted by Gasteiger charge is -2.40. The Morgan fingerprint density at radius 2 is 2.03 bits per heavy atom. The molecule has 0 bridgehead atoms. The second-order valence-corrected chi connectivity index (χ2v) is 9.08. The molecule has 1 N–H and O–H groups in total. The molecule has 30 heavy (non-hydrogen) atoms. The topological polar surface area (TPSA) is 66.8 Å². The summed E-state index contributed by atoms with van der Waals surface area (Å²) in [6.07, 6.45) is 4.14. The van der Waals surface area contributed by atoms with Gasteiger partial charge >= 0.3 is 0 Å². The highest BCUT2D eigenvalue weighted by molar-refractivity contribution is 5.38. The number of aromatic nitrogens is 4. The van der Waals surface area contributed by atoms with Crippen molar-refractivity contribution in [3.63, 3.8) is 0 Å². The molecule has 1 saturated heterocycles. The first-order valence-electron chi connectivity index (χ1n) is 10.9. The van der Waals surface area contributed by atoms with E-state index in [4.69, 9.17) is 4.98 Å². The zero-order valence-electron chi connectivity index (χ0n) is 18.0. The van der Waals surface area contributed by atoms with Crippen LogP contribution in [0, 0.1) is 20.8 Å². The fourth-order valence-electron chi connectivity index (χ4n) is 5.46. The van der Waals surface area contributed by atoms with Gasteiger partial charge < -0.3 is 4.98 Å². The third-order valence-corrected chi connectivity index (χ3v) is 6.72. The molecule has 0 radical (unpaired) electrons. The summed E-state index contributed by atoms with van der Waals surface area (Å²) in [7, 11) is 0. The predicted octanol–water partition coefficient (Wildman–Crippen LogP) is 3.36. The van der Waals surface area contributed by atoms with Gasteiger partial charge in [-0.1, -0.05) is 12.1 Å². The highest BCUT2D eigenvalue weighted by Crippen LogP contribution is 2.43. The smallest absolute Gasteiger partial charge is 0.254 e. The van der Waals surface area contributed by atoms with Gasteiger partial charge in [-0.15, -0.1) is 0 Å². The standard InChI is InChI=1S/C24H29N5O/c1-16-12-17(2)29(27-16)20-7-4-6-19(13-20)14-28-11-5-9-24(15-28)10-8-21-22(24)25-18(3)26-23(21)30/h4,6-7,12-13H,5,8-11,14-15H2,1-3H3,(H,25,26,30). The molecule has 3 aromatic rings. The summed E-state index contributed by atoms with van der Waals surface area (Å²) in [6, 6.07) is 10.8. The molecule has 2 aromatic heterocycles. The average molecular weight is 404 g/mol. The zero-order chi connectivity index (χ0) is 20.9. The summed E-state index contributed by atoms with van der Waals surface area (Å²) < 4.78 is 2.02. The molecule has 2 aliphatic rings. The summed E-state index contributed by atoms with van der Waals surface area (Å²) in [6.45, 7) is 8.98. The quantitative estimate of drug-likeness (QED) is 0.728. The van der Waals surface area contributed by atoms with Crippen LogP contribution >= 0.6 is 0 Å². The van der Waals surface area contributed by atoms with Crippen LogP contribution in [0.5, 0.6) is 0 Å². The van der Waals surface area contributed by atoms with Crippen LogP contribution in [0.1, 0.15) is 53.3 Å². The Morgan fingerprint density at radius 3 is 2.83 bits per heavy atom. The number of benzene rings is 1. The lowest BCUT2D eigenvalue weighted by atomic mass is 9.77. The Labute approximate surface area is 177 Å². The second-order valence-electron chi connectivity index (χ2n) is 9.08. The van der Waals surface area contributed by atoms with E-state index < -0.39 is 0 Å². The van der Waals surface area contributed by atoms with Gasteiger partial charge in [0, 0.05) is 29.8 Å². The molecule has 156 valence electrons. The van der Waals surface area contributed by atoms with Crippen LogP contribution in [-0.2, 0) is 18.4 Å². The number of fused-ring (bicyclic) bond motifs is 2. The number of aryl methyl sites for hydroxylation is 3. The number of likely N-dealkylation sites (tertiary alicyclic amines) is 1. The van der Waals surface area contributed by atoms with E-state index in [1.807, 2.05) is 18.5 Å². The van der Waals surface area contributed by atoms with Crippen molar-refractivity contribution < 1.29 is 0 Å². The Hall–Kier alpha value is -2.73. The van der Waals surface area contributed by atoms with E-state index in [9.17, 15) is 4.79 Å². The SMILES string of the molecule is Cc1cc(C)n(-c2cccc(CN3CCCC4(CCc5c4nc(C)[nH]c5=O)C3)c2)n1. The highest BCUT2D eigenvalue weighted by atomic mass is 16.1. The first kappa shape index (κ1) is 19.2. The summed E-state index contributed by atoms with van der Waals surface area (Å²) in [5, 5.41) is 4.63. The van der Waals surface area contributed by atoms with Crippen LogP contribution in [-0.4, -0.2) is 37.7 Å². The zero-order valence-corrected chi connectivity index (χ0v) is 18.0. The van der Waals surface area contributed by atoms with Gasteiger partial charge in [0.25, 0.3) is 5.56 Å². The monoisotopic (exact) mass is 403 g/mol. The molecule has 3 heterocycles. The van der Waals surface area contributed by atoms with Crippen LogP contribution in [0.25, 0.3) is 5.69 Å². The maximum absolute atomic E-state index is 12.4. The number of nitrogens with zero attached hydrogens (tertiary/aromatic N) is 4. The number of nitrogens with one attached hydrogen (secondary N) is 1. The Balaban J connectivity index is 1.40. The average Bonchev–Trinajstić information content (AvgIpc) is 3.22. The van der Waals surface area contributed by atoms with Crippen molar-refractivity contribution in [2.24, 2.45) is 0 Å². The molecule has 0 saturated carbocycles. The van der Waals surface area contributed by atoms with Crippen molar-refractivity contribution in [2.45, 2.75) is 58.4 Å². The first-order chi connectivity index (χ1) is 14.4. The molecule has 6 heteroatoms. The van der Waals surface area contributed by atoms with E-state index in [1.54, 1.807) is 0 Å².